The standard InChI is InChI=1S/C40H33Cl2N3O5S2/c1-50-40(49)36-31-18-16-26(24-9-4-2-5-10-24)20-34(31)52-39(36)45-35(46)23-51-30-14-8-13-29(22-30)43-38(48)33(19-27-15-17-28(41)21-32(27)42)44-37(47)25-11-6-3-7-12-25/h2-15,17,19,21-22,26H,16,18,20,23H2,1H3,(H,43,48)(H,44,47)(H,45,46)/b33-19+. The van der Waals surface area contributed by atoms with E-state index in [-0.39, 0.29) is 17.4 Å². The Morgan fingerprint density at radius 3 is 2.38 bits per heavy atom. The first-order chi connectivity index (χ1) is 25.2. The number of hydrogen-bond acceptors (Lipinski definition) is 7. The fourth-order valence-corrected chi connectivity index (χ4v) is 8.44. The molecule has 4 aromatic carbocycles. The van der Waals surface area contributed by atoms with Crippen LogP contribution in [-0.4, -0.2) is 36.6 Å². The summed E-state index contributed by atoms with van der Waals surface area (Å²) >= 11 is 15.1. The Morgan fingerprint density at radius 2 is 1.65 bits per heavy atom. The Labute approximate surface area is 319 Å². The maximum atomic E-state index is 13.6. The van der Waals surface area contributed by atoms with Gasteiger partial charge in [0, 0.05) is 31.1 Å². The minimum Gasteiger partial charge on any atom is -0.465 e. The summed E-state index contributed by atoms with van der Waals surface area (Å²) in [5.74, 6) is -1.40. The van der Waals surface area contributed by atoms with Gasteiger partial charge in [-0.05, 0) is 90.4 Å². The number of thiophene rings is 1. The van der Waals surface area contributed by atoms with Crippen molar-refractivity contribution < 1.29 is 23.9 Å². The van der Waals surface area contributed by atoms with Crippen molar-refractivity contribution in [3.63, 3.8) is 0 Å². The third kappa shape index (κ3) is 9.13. The molecule has 0 radical (unpaired) electrons. The number of hydrogen-bond donors (Lipinski definition) is 3. The Bertz CT molecular complexity index is 2160. The molecule has 0 spiro atoms. The maximum Gasteiger partial charge on any atom is 0.341 e. The normalized spacial score (nSPS) is 13.8. The van der Waals surface area contributed by atoms with Crippen LogP contribution >= 0.6 is 46.3 Å². The molecule has 3 amide bonds. The average molecular weight is 771 g/mol. The molecule has 1 heterocycles. The molecular weight excluding hydrogens is 737 g/mol. The number of esters is 1. The van der Waals surface area contributed by atoms with Crippen LogP contribution in [0.1, 0.15) is 54.6 Å². The topological polar surface area (TPSA) is 114 Å². The number of ether oxygens (including phenoxy) is 1. The van der Waals surface area contributed by atoms with E-state index in [1.807, 2.05) is 24.3 Å². The Balaban J connectivity index is 1.13. The third-order valence-electron chi connectivity index (χ3n) is 8.43. The fraction of sp³-hybridized carbons (Fsp3) is 0.150. The number of methoxy groups -OCH3 is 1. The number of fused-ring (bicyclic) bond motifs is 1. The number of thioether (sulfide) groups is 1. The van der Waals surface area contributed by atoms with E-state index in [1.54, 1.807) is 66.7 Å². The molecule has 1 atom stereocenters. The van der Waals surface area contributed by atoms with Crippen molar-refractivity contribution in [1.29, 1.82) is 0 Å². The van der Waals surface area contributed by atoms with Crippen LogP contribution in [0.5, 0.6) is 0 Å². The molecule has 1 aromatic heterocycles. The number of halogens is 2. The first-order valence-corrected chi connectivity index (χ1v) is 18.9. The smallest absolute Gasteiger partial charge is 0.341 e. The van der Waals surface area contributed by atoms with Crippen molar-refractivity contribution in [3.8, 4) is 0 Å². The van der Waals surface area contributed by atoms with Crippen LogP contribution in [0.25, 0.3) is 6.08 Å². The van der Waals surface area contributed by atoms with Gasteiger partial charge in [0.1, 0.15) is 10.7 Å². The molecule has 0 saturated carbocycles. The van der Waals surface area contributed by atoms with E-state index in [1.165, 1.54) is 41.8 Å². The van der Waals surface area contributed by atoms with Crippen LogP contribution < -0.4 is 16.0 Å². The number of anilines is 2. The Morgan fingerprint density at radius 1 is 0.904 bits per heavy atom. The molecule has 0 aliphatic heterocycles. The van der Waals surface area contributed by atoms with Crippen molar-refractivity contribution in [2.24, 2.45) is 0 Å². The lowest BCUT2D eigenvalue weighted by molar-refractivity contribution is -0.114. The summed E-state index contributed by atoms with van der Waals surface area (Å²) in [6.45, 7) is 0. The van der Waals surface area contributed by atoms with Crippen LogP contribution in [0.15, 0.2) is 114 Å². The maximum absolute atomic E-state index is 13.6. The number of carbonyl (C=O) groups excluding carboxylic acids is 4. The molecule has 12 heteroatoms. The van der Waals surface area contributed by atoms with Crippen molar-refractivity contribution in [2.45, 2.75) is 30.1 Å². The second-order valence-electron chi connectivity index (χ2n) is 11.9. The van der Waals surface area contributed by atoms with E-state index in [2.05, 4.69) is 28.1 Å². The molecule has 52 heavy (non-hydrogen) atoms. The second kappa shape index (κ2) is 17.1. The lowest BCUT2D eigenvalue weighted by Crippen LogP contribution is -2.30. The molecule has 0 fully saturated rings. The average Bonchev–Trinajstić information content (AvgIpc) is 3.52. The molecule has 5 aromatic rings. The van der Waals surface area contributed by atoms with Gasteiger partial charge in [0.15, 0.2) is 0 Å². The molecule has 6 rings (SSSR count). The SMILES string of the molecule is COC(=O)c1c(NC(=O)CSc2cccc(NC(=O)/C(=C\c3ccc(Cl)cc3Cl)NC(=O)c3ccccc3)c2)sc2c1CCC(c1ccccc1)C2. The van der Waals surface area contributed by atoms with E-state index in [9.17, 15) is 19.2 Å². The van der Waals surface area contributed by atoms with Gasteiger partial charge in [0.25, 0.3) is 11.8 Å². The summed E-state index contributed by atoms with van der Waals surface area (Å²) < 4.78 is 5.11. The highest BCUT2D eigenvalue weighted by Gasteiger charge is 2.30. The van der Waals surface area contributed by atoms with Crippen LogP contribution in [0.2, 0.25) is 10.0 Å². The molecule has 0 bridgehead atoms. The van der Waals surface area contributed by atoms with E-state index < -0.39 is 17.8 Å². The Hall–Kier alpha value is -4.87. The van der Waals surface area contributed by atoms with Crippen LogP contribution in [0, 0.1) is 0 Å². The van der Waals surface area contributed by atoms with E-state index in [4.69, 9.17) is 27.9 Å². The highest BCUT2D eigenvalue weighted by atomic mass is 35.5. The predicted octanol–water partition coefficient (Wildman–Crippen LogP) is 9.25. The molecular formula is C40H33Cl2N3O5S2. The van der Waals surface area contributed by atoms with Crippen molar-refractivity contribution in [2.75, 3.05) is 23.5 Å². The number of rotatable bonds is 11. The van der Waals surface area contributed by atoms with Gasteiger partial charge < -0.3 is 20.7 Å². The summed E-state index contributed by atoms with van der Waals surface area (Å²) in [5.41, 5.74) is 3.91. The number of benzene rings is 4. The molecule has 1 unspecified atom stereocenters. The third-order valence-corrected chi connectivity index (χ3v) is 11.2. The first kappa shape index (κ1) is 36.9. The minimum atomic E-state index is -0.582. The fourth-order valence-electron chi connectivity index (χ4n) is 5.89. The largest absolute Gasteiger partial charge is 0.465 e. The zero-order valence-electron chi connectivity index (χ0n) is 27.9. The summed E-state index contributed by atoms with van der Waals surface area (Å²) in [7, 11) is 1.35. The molecule has 3 N–H and O–H groups in total. The highest BCUT2D eigenvalue weighted by molar-refractivity contribution is 8.00. The summed E-state index contributed by atoms with van der Waals surface area (Å²) in [6.07, 6.45) is 3.89. The van der Waals surface area contributed by atoms with Crippen molar-refractivity contribution in [3.05, 3.63) is 152 Å². The van der Waals surface area contributed by atoms with Crippen LogP contribution in [0.4, 0.5) is 10.7 Å². The zero-order chi connectivity index (χ0) is 36.6. The Kier molecular flexibility index (Phi) is 12.1. The van der Waals surface area contributed by atoms with Gasteiger partial charge in [-0.2, -0.15) is 0 Å². The van der Waals surface area contributed by atoms with Gasteiger partial charge in [0.05, 0.1) is 18.4 Å². The number of nitrogens with one attached hydrogen (secondary N) is 3. The van der Waals surface area contributed by atoms with Gasteiger partial charge >= 0.3 is 5.97 Å². The monoisotopic (exact) mass is 769 g/mol. The second-order valence-corrected chi connectivity index (χ2v) is 14.9. The van der Waals surface area contributed by atoms with Gasteiger partial charge in [-0.25, -0.2) is 4.79 Å². The van der Waals surface area contributed by atoms with Gasteiger partial charge in [-0.1, -0.05) is 83.9 Å². The van der Waals surface area contributed by atoms with Gasteiger partial charge in [-0.15, -0.1) is 23.1 Å². The molecule has 1 aliphatic carbocycles. The molecule has 1 aliphatic rings. The summed E-state index contributed by atoms with van der Waals surface area (Å²) in [6, 6.07) is 30.7. The quantitative estimate of drug-likeness (QED) is 0.0702. The van der Waals surface area contributed by atoms with Gasteiger partial charge in [0.2, 0.25) is 5.91 Å². The minimum absolute atomic E-state index is 0.0364. The molecule has 264 valence electrons. The van der Waals surface area contributed by atoms with Crippen LogP contribution in [-0.2, 0) is 27.2 Å². The van der Waals surface area contributed by atoms with Gasteiger partial charge in [-0.3, -0.25) is 14.4 Å². The van der Waals surface area contributed by atoms with E-state index in [0.717, 1.165) is 34.6 Å². The lowest BCUT2D eigenvalue weighted by Gasteiger charge is -2.22. The predicted molar refractivity (Wildman–Crippen MR) is 210 cm³/mol. The highest BCUT2D eigenvalue weighted by Crippen LogP contribution is 2.43. The molecule has 0 saturated heterocycles. The molecule has 8 nitrogen and oxygen atoms in total. The lowest BCUT2D eigenvalue weighted by atomic mass is 9.83. The van der Waals surface area contributed by atoms with E-state index >= 15 is 0 Å². The zero-order valence-corrected chi connectivity index (χ0v) is 31.1. The first-order valence-electron chi connectivity index (χ1n) is 16.3. The van der Waals surface area contributed by atoms with E-state index in [0.29, 0.717) is 43.3 Å². The van der Waals surface area contributed by atoms with Crippen LogP contribution in [0.3, 0.4) is 0 Å². The summed E-state index contributed by atoms with van der Waals surface area (Å²) in [4.78, 5) is 54.5. The number of carbonyl (C=O) groups is 4. The summed E-state index contributed by atoms with van der Waals surface area (Å²) in [5, 5.41) is 9.71. The van der Waals surface area contributed by atoms with Crippen molar-refractivity contribution >= 4 is 86.8 Å². The van der Waals surface area contributed by atoms with Crippen molar-refractivity contribution in [1.82, 2.24) is 5.32 Å². The number of amides is 3.